The molecule has 0 unspecified atom stereocenters. The van der Waals surface area contributed by atoms with Crippen LogP contribution in [0, 0.1) is 0 Å². The van der Waals surface area contributed by atoms with E-state index in [0.29, 0.717) is 11.4 Å². The number of anilines is 3. The van der Waals surface area contributed by atoms with Gasteiger partial charge in [-0.1, -0.05) is 6.07 Å². The summed E-state index contributed by atoms with van der Waals surface area (Å²) in [6.07, 6.45) is -4.46. The van der Waals surface area contributed by atoms with E-state index in [2.05, 4.69) is 16.0 Å². The van der Waals surface area contributed by atoms with Crippen LogP contribution in [0.15, 0.2) is 48.5 Å². The maximum Gasteiger partial charge on any atom is 0.416 e. The number of carbonyl (C=O) groups excluding carboxylic acids is 2. The van der Waals surface area contributed by atoms with E-state index < -0.39 is 17.6 Å². The molecule has 8 heteroatoms. The third-order valence-corrected chi connectivity index (χ3v) is 3.13. The lowest BCUT2D eigenvalue weighted by Crippen LogP contribution is -2.22. The van der Waals surface area contributed by atoms with Gasteiger partial charge in [0.15, 0.2) is 0 Å². The molecule has 2 amide bonds. The molecule has 0 atom stereocenters. The molecule has 2 rings (SSSR count). The topological polar surface area (TPSA) is 70.2 Å². The number of carbonyl (C=O) groups is 2. The molecule has 5 nitrogen and oxygen atoms in total. The Morgan fingerprint density at radius 2 is 1.56 bits per heavy atom. The number of rotatable bonds is 5. The molecule has 0 aromatic heterocycles. The van der Waals surface area contributed by atoms with E-state index in [9.17, 15) is 22.8 Å². The molecule has 2 aromatic rings. The van der Waals surface area contributed by atoms with Crippen molar-refractivity contribution in [3.63, 3.8) is 0 Å². The molecule has 3 N–H and O–H groups in total. The van der Waals surface area contributed by atoms with E-state index in [1.165, 1.54) is 19.1 Å². The predicted molar refractivity (Wildman–Crippen MR) is 89.3 cm³/mol. The van der Waals surface area contributed by atoms with Gasteiger partial charge in [-0.05, 0) is 42.5 Å². The molecular weight excluding hydrogens is 335 g/mol. The van der Waals surface area contributed by atoms with Crippen LogP contribution >= 0.6 is 0 Å². The fraction of sp³-hybridized carbons (Fsp3) is 0.176. The first kappa shape index (κ1) is 18.3. The zero-order valence-electron chi connectivity index (χ0n) is 13.3. The van der Waals surface area contributed by atoms with Crippen molar-refractivity contribution in [3.8, 4) is 0 Å². The lowest BCUT2D eigenvalue weighted by atomic mass is 10.2. The molecule has 0 saturated carbocycles. The van der Waals surface area contributed by atoms with Crippen LogP contribution in [0.4, 0.5) is 30.2 Å². The van der Waals surface area contributed by atoms with E-state index in [-0.39, 0.29) is 18.1 Å². The summed E-state index contributed by atoms with van der Waals surface area (Å²) >= 11 is 0. The Morgan fingerprint density at radius 1 is 0.920 bits per heavy atom. The van der Waals surface area contributed by atoms with Crippen LogP contribution in [0.25, 0.3) is 0 Å². The standard InChI is InChI=1S/C17H16F3N3O2/c1-11(24)22-14-7-5-13(6-8-14)21-10-16(25)23-15-4-2-3-12(9-15)17(18,19)20/h2-9,21H,10H2,1H3,(H,22,24)(H,23,25). The lowest BCUT2D eigenvalue weighted by molar-refractivity contribution is -0.137. The van der Waals surface area contributed by atoms with Crippen LogP contribution in [0.1, 0.15) is 12.5 Å². The Morgan fingerprint density at radius 3 is 2.16 bits per heavy atom. The molecule has 0 bridgehead atoms. The van der Waals surface area contributed by atoms with Crippen molar-refractivity contribution in [2.24, 2.45) is 0 Å². The van der Waals surface area contributed by atoms with Gasteiger partial charge in [0.2, 0.25) is 11.8 Å². The Bertz CT molecular complexity index is 758. The third-order valence-electron chi connectivity index (χ3n) is 3.13. The van der Waals surface area contributed by atoms with Crippen LogP contribution in [0.5, 0.6) is 0 Å². The number of hydrogen-bond acceptors (Lipinski definition) is 3. The van der Waals surface area contributed by atoms with Crippen LogP contribution < -0.4 is 16.0 Å². The first-order chi connectivity index (χ1) is 11.7. The minimum atomic E-state index is -4.46. The summed E-state index contributed by atoms with van der Waals surface area (Å²) in [7, 11) is 0. The van der Waals surface area contributed by atoms with Gasteiger partial charge in [-0.25, -0.2) is 0 Å². The van der Waals surface area contributed by atoms with Crippen molar-refractivity contribution < 1.29 is 22.8 Å². The van der Waals surface area contributed by atoms with Crippen LogP contribution in [0.3, 0.4) is 0 Å². The number of nitrogens with one attached hydrogen (secondary N) is 3. The van der Waals surface area contributed by atoms with Gasteiger partial charge in [0.05, 0.1) is 12.1 Å². The molecule has 0 aliphatic heterocycles. The van der Waals surface area contributed by atoms with Gasteiger partial charge in [-0.15, -0.1) is 0 Å². The highest BCUT2D eigenvalue weighted by Crippen LogP contribution is 2.30. The predicted octanol–water partition coefficient (Wildman–Crippen LogP) is 3.71. The highest BCUT2D eigenvalue weighted by atomic mass is 19.4. The molecule has 0 heterocycles. The number of alkyl halides is 3. The molecule has 0 spiro atoms. The SMILES string of the molecule is CC(=O)Nc1ccc(NCC(=O)Nc2cccc(C(F)(F)F)c2)cc1. The van der Waals surface area contributed by atoms with Crippen molar-refractivity contribution in [1.29, 1.82) is 0 Å². The van der Waals surface area contributed by atoms with Crippen molar-refractivity contribution in [3.05, 3.63) is 54.1 Å². The smallest absolute Gasteiger partial charge is 0.376 e. The third kappa shape index (κ3) is 5.83. The molecular formula is C17H16F3N3O2. The summed E-state index contributed by atoms with van der Waals surface area (Å²) in [6, 6.07) is 11.1. The monoisotopic (exact) mass is 351 g/mol. The second-order valence-electron chi connectivity index (χ2n) is 5.24. The Labute approximate surface area is 142 Å². The van der Waals surface area contributed by atoms with Crippen LogP contribution in [-0.4, -0.2) is 18.4 Å². The molecule has 0 aliphatic rings. The summed E-state index contributed by atoms with van der Waals surface area (Å²) in [6.45, 7) is 1.28. The highest BCUT2D eigenvalue weighted by molar-refractivity contribution is 5.94. The maximum absolute atomic E-state index is 12.6. The van der Waals surface area contributed by atoms with E-state index in [4.69, 9.17) is 0 Å². The molecule has 132 valence electrons. The summed E-state index contributed by atoms with van der Waals surface area (Å²) in [5.41, 5.74) is 0.495. The van der Waals surface area contributed by atoms with Gasteiger partial charge >= 0.3 is 6.18 Å². The van der Waals surface area contributed by atoms with Crippen molar-refractivity contribution in [1.82, 2.24) is 0 Å². The minimum Gasteiger partial charge on any atom is -0.376 e. The largest absolute Gasteiger partial charge is 0.416 e. The zero-order chi connectivity index (χ0) is 18.4. The molecule has 0 radical (unpaired) electrons. The summed E-state index contributed by atoms with van der Waals surface area (Å²) in [5, 5.41) is 7.86. The molecule has 0 aliphatic carbocycles. The number of amides is 2. The zero-order valence-corrected chi connectivity index (χ0v) is 13.3. The van der Waals surface area contributed by atoms with E-state index >= 15 is 0 Å². The first-order valence-corrected chi connectivity index (χ1v) is 7.33. The Hall–Kier alpha value is -3.03. The number of hydrogen-bond donors (Lipinski definition) is 3. The van der Waals surface area contributed by atoms with Crippen molar-refractivity contribution in [2.45, 2.75) is 13.1 Å². The van der Waals surface area contributed by atoms with Gasteiger partial charge in [0.1, 0.15) is 0 Å². The first-order valence-electron chi connectivity index (χ1n) is 7.33. The molecule has 0 saturated heterocycles. The van der Waals surface area contributed by atoms with Gasteiger partial charge in [-0.3, -0.25) is 9.59 Å². The number of benzene rings is 2. The van der Waals surface area contributed by atoms with E-state index in [1.54, 1.807) is 24.3 Å². The maximum atomic E-state index is 12.6. The Balaban J connectivity index is 1.89. The van der Waals surface area contributed by atoms with Crippen molar-refractivity contribution in [2.75, 3.05) is 22.5 Å². The quantitative estimate of drug-likeness (QED) is 0.769. The molecule has 2 aromatic carbocycles. The fourth-order valence-corrected chi connectivity index (χ4v) is 2.04. The minimum absolute atomic E-state index is 0.0719. The van der Waals surface area contributed by atoms with Crippen LogP contribution in [0.2, 0.25) is 0 Å². The fourth-order valence-electron chi connectivity index (χ4n) is 2.04. The second-order valence-corrected chi connectivity index (χ2v) is 5.24. The summed E-state index contributed by atoms with van der Waals surface area (Å²) in [4.78, 5) is 22.8. The highest BCUT2D eigenvalue weighted by Gasteiger charge is 2.30. The van der Waals surface area contributed by atoms with E-state index in [1.807, 2.05) is 0 Å². The normalized spacial score (nSPS) is 10.9. The lowest BCUT2D eigenvalue weighted by Gasteiger charge is -2.11. The molecule has 0 fully saturated rings. The van der Waals surface area contributed by atoms with Crippen molar-refractivity contribution >= 4 is 28.9 Å². The number of halogens is 3. The van der Waals surface area contributed by atoms with E-state index in [0.717, 1.165) is 12.1 Å². The van der Waals surface area contributed by atoms with Gasteiger partial charge in [-0.2, -0.15) is 13.2 Å². The van der Waals surface area contributed by atoms with Gasteiger partial charge in [0, 0.05) is 24.0 Å². The Kier molecular flexibility index (Phi) is 5.63. The van der Waals surface area contributed by atoms with Gasteiger partial charge < -0.3 is 16.0 Å². The van der Waals surface area contributed by atoms with Gasteiger partial charge in [0.25, 0.3) is 0 Å². The summed E-state index contributed by atoms with van der Waals surface area (Å²) in [5.74, 6) is -0.675. The summed E-state index contributed by atoms with van der Waals surface area (Å²) < 4.78 is 37.9. The van der Waals surface area contributed by atoms with Crippen LogP contribution in [-0.2, 0) is 15.8 Å². The molecule has 25 heavy (non-hydrogen) atoms. The average molecular weight is 351 g/mol. The average Bonchev–Trinajstić information content (AvgIpc) is 2.53. The second kappa shape index (κ2) is 7.69.